The Hall–Kier alpha value is -0.180. The third-order valence-electron chi connectivity index (χ3n) is 3.02. The molecule has 0 radical (unpaired) electrons. The van der Waals surface area contributed by atoms with Crippen molar-refractivity contribution >= 4 is 43.7 Å². The van der Waals surface area contributed by atoms with E-state index in [1.54, 1.807) is 14.2 Å². The van der Waals surface area contributed by atoms with Crippen molar-refractivity contribution in [3.05, 3.63) is 0 Å². The third kappa shape index (κ3) is 4.41. The summed E-state index contributed by atoms with van der Waals surface area (Å²) in [4.78, 5) is 26.5. The second kappa shape index (κ2) is 8.96. The molecule has 0 bridgehead atoms. The van der Waals surface area contributed by atoms with Crippen molar-refractivity contribution in [2.45, 2.75) is 22.7 Å². The Morgan fingerprint density at radius 1 is 0.900 bits per heavy atom. The van der Waals surface area contributed by atoms with Crippen LogP contribution >= 0.6 is 31.9 Å². The summed E-state index contributed by atoms with van der Waals surface area (Å²) in [5.74, 6) is -0.222. The number of carbonyl (C=O) groups is 2. The van der Waals surface area contributed by atoms with E-state index in [1.807, 2.05) is 0 Å². The summed E-state index contributed by atoms with van der Waals surface area (Å²) in [6.45, 7) is 2.09. The van der Waals surface area contributed by atoms with Crippen LogP contribution in [0.5, 0.6) is 0 Å². The molecule has 2 unspecified atom stereocenters. The molecule has 20 heavy (non-hydrogen) atoms. The highest BCUT2D eigenvalue weighted by Gasteiger charge is 2.43. The van der Waals surface area contributed by atoms with Crippen LogP contribution in [0.15, 0.2) is 0 Å². The van der Waals surface area contributed by atoms with E-state index in [0.29, 0.717) is 39.1 Å². The van der Waals surface area contributed by atoms with Gasteiger partial charge in [0.05, 0.1) is 0 Å². The molecule has 0 spiro atoms. The van der Waals surface area contributed by atoms with Crippen molar-refractivity contribution in [1.29, 1.82) is 0 Å². The lowest BCUT2D eigenvalue weighted by molar-refractivity contribution is -0.153. The Bertz CT molecular complexity index is 311. The number of piperazine rings is 1. The second-order valence-corrected chi connectivity index (χ2v) is 6.16. The van der Waals surface area contributed by atoms with E-state index >= 15 is 0 Å². The number of amides is 2. The van der Waals surface area contributed by atoms with Crippen molar-refractivity contribution < 1.29 is 19.1 Å². The van der Waals surface area contributed by atoms with E-state index in [1.165, 1.54) is 9.80 Å². The van der Waals surface area contributed by atoms with Gasteiger partial charge in [-0.3, -0.25) is 9.59 Å². The first-order valence-electron chi connectivity index (χ1n) is 6.41. The molecule has 1 saturated heterocycles. The van der Waals surface area contributed by atoms with Crippen molar-refractivity contribution in [1.82, 2.24) is 9.80 Å². The Kier molecular flexibility index (Phi) is 8.01. The molecular formula is C12H20Br2N2O4. The molecule has 1 fully saturated rings. The molecule has 6 nitrogen and oxygen atoms in total. The van der Waals surface area contributed by atoms with Crippen LogP contribution in [-0.4, -0.2) is 72.0 Å². The fourth-order valence-electron chi connectivity index (χ4n) is 1.97. The topological polar surface area (TPSA) is 59.1 Å². The summed E-state index contributed by atoms with van der Waals surface area (Å²) >= 11 is 6.62. The summed E-state index contributed by atoms with van der Waals surface area (Å²) in [6.07, 6.45) is 1.39. The number of nitrogens with zero attached hydrogens (tertiary/aromatic N) is 2. The largest absolute Gasteiger partial charge is 0.385 e. The van der Waals surface area contributed by atoms with E-state index in [-0.39, 0.29) is 11.8 Å². The molecule has 0 N–H and O–H groups in total. The molecule has 8 heteroatoms. The van der Waals surface area contributed by atoms with Gasteiger partial charge in [0.15, 0.2) is 9.90 Å². The van der Waals surface area contributed by atoms with E-state index in [4.69, 9.17) is 9.47 Å². The number of halogens is 2. The fourth-order valence-corrected chi connectivity index (χ4v) is 3.31. The zero-order valence-electron chi connectivity index (χ0n) is 11.7. The van der Waals surface area contributed by atoms with Gasteiger partial charge in [0.1, 0.15) is 0 Å². The normalized spacial score (nSPS) is 23.6. The van der Waals surface area contributed by atoms with Gasteiger partial charge >= 0.3 is 0 Å². The van der Waals surface area contributed by atoms with Gasteiger partial charge in [-0.25, -0.2) is 0 Å². The number of rotatable bonds is 8. The van der Waals surface area contributed by atoms with Gasteiger partial charge in [0.2, 0.25) is 0 Å². The van der Waals surface area contributed by atoms with Crippen LogP contribution in [0.4, 0.5) is 0 Å². The van der Waals surface area contributed by atoms with Gasteiger partial charge in [0.25, 0.3) is 11.8 Å². The minimum absolute atomic E-state index is 0.111. The Balaban J connectivity index is 2.65. The number of ether oxygens (including phenoxy) is 2. The van der Waals surface area contributed by atoms with Gasteiger partial charge < -0.3 is 19.3 Å². The maximum atomic E-state index is 12.3. The molecule has 0 aromatic heterocycles. The monoisotopic (exact) mass is 414 g/mol. The van der Waals surface area contributed by atoms with Crippen LogP contribution in [0.3, 0.4) is 0 Å². The molecule has 116 valence electrons. The first-order chi connectivity index (χ1) is 9.54. The number of methoxy groups -OCH3 is 2. The highest BCUT2D eigenvalue weighted by Crippen LogP contribution is 2.25. The lowest BCUT2D eigenvalue weighted by Gasteiger charge is -2.41. The molecule has 2 atom stereocenters. The van der Waals surface area contributed by atoms with Crippen LogP contribution in [0.25, 0.3) is 0 Å². The van der Waals surface area contributed by atoms with Crippen LogP contribution in [-0.2, 0) is 19.1 Å². The van der Waals surface area contributed by atoms with Gasteiger partial charge in [-0.2, -0.15) is 0 Å². The smallest absolute Gasteiger partial charge is 0.257 e. The molecule has 0 saturated carbocycles. The SMILES string of the molecule is COCCCN1C(=O)C(Br)N(CCCOC)C(=O)C1Br. The number of carbonyl (C=O) groups excluding carboxylic acids is 2. The zero-order chi connectivity index (χ0) is 15.1. The molecule has 2 amide bonds. The van der Waals surface area contributed by atoms with E-state index < -0.39 is 9.90 Å². The quantitative estimate of drug-likeness (QED) is 0.339. The summed E-state index contributed by atoms with van der Waals surface area (Å²) in [5.41, 5.74) is 0. The van der Waals surface area contributed by atoms with Crippen molar-refractivity contribution in [3.8, 4) is 0 Å². The number of hydrogen-bond acceptors (Lipinski definition) is 4. The van der Waals surface area contributed by atoms with Crippen molar-refractivity contribution in [3.63, 3.8) is 0 Å². The predicted molar refractivity (Wildman–Crippen MR) is 81.8 cm³/mol. The minimum Gasteiger partial charge on any atom is -0.385 e. The molecule has 0 aromatic carbocycles. The van der Waals surface area contributed by atoms with Gasteiger partial charge in [-0.15, -0.1) is 0 Å². The average molecular weight is 416 g/mol. The summed E-state index contributed by atoms with van der Waals surface area (Å²) in [6, 6.07) is 0. The molecule has 0 aromatic rings. The minimum atomic E-state index is -0.608. The molecule has 0 aliphatic carbocycles. The molecule has 1 aliphatic heterocycles. The van der Waals surface area contributed by atoms with Crippen LogP contribution in [0.2, 0.25) is 0 Å². The van der Waals surface area contributed by atoms with Gasteiger partial charge in [-0.05, 0) is 12.8 Å². The summed E-state index contributed by atoms with van der Waals surface area (Å²) in [7, 11) is 3.22. The van der Waals surface area contributed by atoms with Crippen molar-refractivity contribution in [2.75, 3.05) is 40.5 Å². The Morgan fingerprint density at radius 3 is 1.55 bits per heavy atom. The first kappa shape index (κ1) is 17.9. The maximum Gasteiger partial charge on any atom is 0.257 e. The molecular weight excluding hydrogens is 396 g/mol. The standard InChI is InChI=1S/C12H20Br2N2O4/c1-19-7-3-5-15-9(13)12(18)16(6-4-8-20-2)10(14)11(15)17/h9-10H,3-8H2,1-2H3. The van der Waals surface area contributed by atoms with Crippen LogP contribution < -0.4 is 0 Å². The second-order valence-electron chi connectivity index (χ2n) is 4.43. The van der Waals surface area contributed by atoms with E-state index in [0.717, 1.165) is 0 Å². The third-order valence-corrected chi connectivity index (χ3v) is 4.79. The highest BCUT2D eigenvalue weighted by molar-refractivity contribution is 9.10. The van der Waals surface area contributed by atoms with Gasteiger partial charge in [-0.1, -0.05) is 31.9 Å². The van der Waals surface area contributed by atoms with Crippen molar-refractivity contribution in [2.24, 2.45) is 0 Å². The van der Waals surface area contributed by atoms with Gasteiger partial charge in [0, 0.05) is 40.5 Å². The highest BCUT2D eigenvalue weighted by atomic mass is 79.9. The predicted octanol–water partition coefficient (Wildman–Crippen LogP) is 1.17. The lowest BCUT2D eigenvalue weighted by atomic mass is 10.2. The van der Waals surface area contributed by atoms with E-state index in [9.17, 15) is 9.59 Å². The average Bonchev–Trinajstić information content (AvgIpc) is 2.44. The Labute approximate surface area is 136 Å². The van der Waals surface area contributed by atoms with Crippen LogP contribution in [0, 0.1) is 0 Å². The molecule has 1 heterocycles. The number of alkyl halides is 2. The van der Waals surface area contributed by atoms with E-state index in [2.05, 4.69) is 31.9 Å². The molecule has 1 aliphatic rings. The Morgan fingerprint density at radius 2 is 1.25 bits per heavy atom. The zero-order valence-corrected chi connectivity index (χ0v) is 14.9. The summed E-state index contributed by atoms with van der Waals surface area (Å²) < 4.78 is 9.94. The van der Waals surface area contributed by atoms with Crippen LogP contribution in [0.1, 0.15) is 12.8 Å². The maximum absolute atomic E-state index is 12.3. The summed E-state index contributed by atoms with van der Waals surface area (Å²) in [5, 5.41) is 0. The number of hydrogen-bond donors (Lipinski definition) is 0. The molecule has 1 rings (SSSR count). The fraction of sp³-hybridized carbons (Fsp3) is 0.833. The first-order valence-corrected chi connectivity index (χ1v) is 8.24. The lowest BCUT2D eigenvalue weighted by Crippen LogP contribution is -2.61.